The maximum absolute atomic E-state index is 4.32. The van der Waals surface area contributed by atoms with Crippen LogP contribution in [0.5, 0.6) is 0 Å². The highest BCUT2D eigenvalue weighted by Gasteiger charge is 2.10. The molecule has 0 spiro atoms. The van der Waals surface area contributed by atoms with Crippen molar-refractivity contribution < 1.29 is 0 Å². The molecule has 1 heterocycles. The molecule has 0 aliphatic carbocycles. The molecular formula is C14H29N7. The van der Waals surface area contributed by atoms with Gasteiger partial charge >= 0.3 is 0 Å². The molecule has 0 saturated heterocycles. The molecule has 1 aromatic heterocycles. The van der Waals surface area contributed by atoms with Crippen molar-refractivity contribution in [1.29, 1.82) is 0 Å². The van der Waals surface area contributed by atoms with Gasteiger partial charge in [0.2, 0.25) is 0 Å². The van der Waals surface area contributed by atoms with Crippen LogP contribution in [0.4, 0.5) is 0 Å². The summed E-state index contributed by atoms with van der Waals surface area (Å²) in [5.74, 6) is 1.80. The Bertz CT molecular complexity index is 427. The normalized spacial score (nSPS) is 12.0. The van der Waals surface area contributed by atoms with E-state index in [4.69, 9.17) is 0 Å². The summed E-state index contributed by atoms with van der Waals surface area (Å²) in [6, 6.07) is 0. The molecule has 0 amide bonds. The Morgan fingerprint density at radius 1 is 1.38 bits per heavy atom. The van der Waals surface area contributed by atoms with E-state index in [0.717, 1.165) is 38.0 Å². The standard InChI is InChI=1S/C14H29N7/c1-6-9-21(7-2)10-8-16-14(15-3)19(4)11-13-17-12-18-20(13)5/h12H,6-11H2,1-5H3,(H,15,16). The van der Waals surface area contributed by atoms with Crippen molar-refractivity contribution in [3.63, 3.8) is 0 Å². The number of hydrogen-bond acceptors (Lipinski definition) is 4. The van der Waals surface area contributed by atoms with E-state index in [1.54, 1.807) is 18.1 Å². The second-order valence-corrected chi connectivity index (χ2v) is 5.06. The topological polar surface area (TPSA) is 61.6 Å². The highest BCUT2D eigenvalue weighted by atomic mass is 15.4. The zero-order chi connectivity index (χ0) is 15.7. The highest BCUT2D eigenvalue weighted by Crippen LogP contribution is 1.98. The van der Waals surface area contributed by atoms with Gasteiger partial charge in [-0.15, -0.1) is 0 Å². The number of nitrogens with zero attached hydrogens (tertiary/aromatic N) is 6. The van der Waals surface area contributed by atoms with Crippen molar-refractivity contribution in [2.24, 2.45) is 12.0 Å². The fourth-order valence-corrected chi connectivity index (χ4v) is 2.21. The van der Waals surface area contributed by atoms with Crippen molar-refractivity contribution in [3.8, 4) is 0 Å². The summed E-state index contributed by atoms with van der Waals surface area (Å²) in [5.41, 5.74) is 0. The Labute approximate surface area is 128 Å². The zero-order valence-electron chi connectivity index (χ0n) is 14.0. The van der Waals surface area contributed by atoms with Gasteiger partial charge in [-0.2, -0.15) is 5.10 Å². The van der Waals surface area contributed by atoms with Crippen molar-refractivity contribution in [2.45, 2.75) is 26.8 Å². The van der Waals surface area contributed by atoms with E-state index in [2.05, 4.69) is 44.0 Å². The summed E-state index contributed by atoms with van der Waals surface area (Å²) in [4.78, 5) is 13.0. The second kappa shape index (κ2) is 9.33. The first-order valence-electron chi connectivity index (χ1n) is 7.59. The van der Waals surface area contributed by atoms with E-state index in [1.807, 2.05) is 14.1 Å². The lowest BCUT2D eigenvalue weighted by molar-refractivity contribution is 0.291. The molecule has 7 nitrogen and oxygen atoms in total. The lowest BCUT2D eigenvalue weighted by atomic mass is 10.4. The van der Waals surface area contributed by atoms with Crippen molar-refractivity contribution in [3.05, 3.63) is 12.2 Å². The number of nitrogens with one attached hydrogen (secondary N) is 1. The number of guanidine groups is 1. The molecule has 7 heteroatoms. The minimum atomic E-state index is 0.683. The lowest BCUT2D eigenvalue weighted by Gasteiger charge is -2.24. The Balaban J connectivity index is 2.42. The molecule has 1 aromatic rings. The number of rotatable bonds is 8. The predicted molar refractivity (Wildman–Crippen MR) is 86.2 cm³/mol. The first-order valence-corrected chi connectivity index (χ1v) is 7.59. The van der Waals surface area contributed by atoms with E-state index in [1.165, 1.54) is 6.42 Å². The fourth-order valence-electron chi connectivity index (χ4n) is 2.21. The van der Waals surface area contributed by atoms with E-state index in [0.29, 0.717) is 6.54 Å². The third kappa shape index (κ3) is 5.71. The SMILES string of the molecule is CCCN(CC)CCNC(=NC)N(C)Cc1ncnn1C. The van der Waals surface area contributed by atoms with Crippen LogP contribution in [0.15, 0.2) is 11.3 Å². The summed E-state index contributed by atoms with van der Waals surface area (Å²) in [7, 11) is 5.71. The molecule has 1 rings (SSSR count). The van der Waals surface area contributed by atoms with Crippen LogP contribution in [-0.2, 0) is 13.6 Å². The minimum Gasteiger partial charge on any atom is -0.355 e. The van der Waals surface area contributed by atoms with Crippen LogP contribution < -0.4 is 5.32 Å². The quantitative estimate of drug-likeness (QED) is 0.561. The third-order valence-corrected chi connectivity index (χ3v) is 3.46. The molecule has 0 aliphatic rings. The van der Waals surface area contributed by atoms with Crippen LogP contribution in [0.3, 0.4) is 0 Å². The average Bonchev–Trinajstić information content (AvgIpc) is 2.87. The molecule has 0 aromatic carbocycles. The number of aliphatic imine (C=N–C) groups is 1. The van der Waals surface area contributed by atoms with Crippen LogP contribution >= 0.6 is 0 Å². The molecular weight excluding hydrogens is 266 g/mol. The molecule has 1 N–H and O–H groups in total. The van der Waals surface area contributed by atoms with E-state index in [9.17, 15) is 0 Å². The summed E-state index contributed by atoms with van der Waals surface area (Å²) in [6.07, 6.45) is 2.76. The Morgan fingerprint density at radius 3 is 2.67 bits per heavy atom. The van der Waals surface area contributed by atoms with Crippen molar-refractivity contribution in [2.75, 3.05) is 40.3 Å². The van der Waals surface area contributed by atoms with Gasteiger partial charge in [0.05, 0.1) is 6.54 Å². The second-order valence-electron chi connectivity index (χ2n) is 5.06. The average molecular weight is 295 g/mol. The largest absolute Gasteiger partial charge is 0.355 e. The maximum atomic E-state index is 4.32. The molecule has 21 heavy (non-hydrogen) atoms. The van der Waals surface area contributed by atoms with Crippen molar-refractivity contribution in [1.82, 2.24) is 29.9 Å². The number of aryl methyl sites for hydroxylation is 1. The van der Waals surface area contributed by atoms with Crippen molar-refractivity contribution >= 4 is 5.96 Å². The summed E-state index contributed by atoms with van der Waals surface area (Å²) >= 11 is 0. The fraction of sp³-hybridized carbons (Fsp3) is 0.786. The van der Waals surface area contributed by atoms with Crippen LogP contribution in [0, 0.1) is 0 Å². The number of aromatic nitrogens is 3. The van der Waals surface area contributed by atoms with E-state index in [-0.39, 0.29) is 0 Å². The van der Waals surface area contributed by atoms with Crippen LogP contribution in [0.1, 0.15) is 26.1 Å². The molecule has 0 saturated carbocycles. The summed E-state index contributed by atoms with van der Waals surface area (Å²) in [6.45, 7) is 9.25. The van der Waals surface area contributed by atoms with E-state index >= 15 is 0 Å². The molecule has 120 valence electrons. The molecule has 0 unspecified atom stereocenters. The third-order valence-electron chi connectivity index (χ3n) is 3.46. The van der Waals surface area contributed by atoms with Gasteiger partial charge in [0.25, 0.3) is 0 Å². The Morgan fingerprint density at radius 2 is 2.14 bits per heavy atom. The number of likely N-dealkylation sites (N-methyl/N-ethyl adjacent to an activating group) is 1. The minimum absolute atomic E-state index is 0.683. The molecule has 0 aliphatic heterocycles. The first-order chi connectivity index (χ1) is 10.1. The van der Waals surface area contributed by atoms with E-state index < -0.39 is 0 Å². The van der Waals surface area contributed by atoms with Gasteiger partial charge in [-0.1, -0.05) is 13.8 Å². The Hall–Kier alpha value is -1.63. The molecule has 0 radical (unpaired) electrons. The molecule has 0 fully saturated rings. The van der Waals surface area contributed by atoms with Gasteiger partial charge in [-0.05, 0) is 19.5 Å². The smallest absolute Gasteiger partial charge is 0.193 e. The van der Waals surface area contributed by atoms with Gasteiger partial charge in [-0.25, -0.2) is 4.98 Å². The van der Waals surface area contributed by atoms with Gasteiger partial charge in [0.1, 0.15) is 12.2 Å². The van der Waals surface area contributed by atoms with Gasteiger partial charge < -0.3 is 15.1 Å². The van der Waals surface area contributed by atoms with Crippen LogP contribution in [0.25, 0.3) is 0 Å². The zero-order valence-corrected chi connectivity index (χ0v) is 14.0. The predicted octanol–water partition coefficient (Wildman–Crippen LogP) is 0.554. The molecule has 0 atom stereocenters. The highest BCUT2D eigenvalue weighted by molar-refractivity contribution is 5.79. The summed E-state index contributed by atoms with van der Waals surface area (Å²) < 4.78 is 1.78. The van der Waals surface area contributed by atoms with Crippen LogP contribution in [-0.4, -0.2) is 70.8 Å². The Kier molecular flexibility index (Phi) is 7.74. The molecule has 0 bridgehead atoms. The van der Waals surface area contributed by atoms with Crippen LogP contribution in [0.2, 0.25) is 0 Å². The lowest BCUT2D eigenvalue weighted by Crippen LogP contribution is -2.42. The number of hydrogen-bond donors (Lipinski definition) is 1. The maximum Gasteiger partial charge on any atom is 0.193 e. The van der Waals surface area contributed by atoms with Gasteiger partial charge in [0, 0.05) is 34.2 Å². The first kappa shape index (κ1) is 17.4. The van der Waals surface area contributed by atoms with Gasteiger partial charge in [-0.3, -0.25) is 9.67 Å². The monoisotopic (exact) mass is 295 g/mol. The summed E-state index contributed by atoms with van der Waals surface area (Å²) in [5, 5.41) is 7.48. The van der Waals surface area contributed by atoms with Gasteiger partial charge in [0.15, 0.2) is 5.96 Å².